The Kier molecular flexibility index (Phi) is 4.16. The maximum absolute atomic E-state index is 12.8. The molecular formula is C21H26N4O3. The van der Waals surface area contributed by atoms with Crippen LogP contribution in [-0.2, 0) is 11.2 Å². The summed E-state index contributed by atoms with van der Waals surface area (Å²) in [5.41, 5.74) is 7.40. The topological polar surface area (TPSA) is 92.7 Å². The van der Waals surface area contributed by atoms with Crippen molar-refractivity contribution in [2.24, 2.45) is 17.6 Å². The van der Waals surface area contributed by atoms with Crippen LogP contribution in [0.25, 0.3) is 11.1 Å². The van der Waals surface area contributed by atoms with Crippen molar-refractivity contribution in [1.29, 1.82) is 0 Å². The molecule has 2 N–H and O–H groups in total. The number of nitrogens with zero attached hydrogens (tertiary/aromatic N) is 3. The van der Waals surface area contributed by atoms with Crippen molar-refractivity contribution in [3.05, 3.63) is 29.2 Å². The van der Waals surface area contributed by atoms with Gasteiger partial charge < -0.3 is 15.1 Å². The van der Waals surface area contributed by atoms with Crippen molar-refractivity contribution in [3.63, 3.8) is 0 Å². The molecule has 2 amide bonds. The SMILES string of the molecule is Cc1ccc2c(CCC(=O)N3CC[C@@H](N4CC5C[C@H]5C4)C3)c(C(N)=O)oc2n1. The van der Waals surface area contributed by atoms with Gasteiger partial charge >= 0.3 is 0 Å². The lowest BCUT2D eigenvalue weighted by Gasteiger charge is -2.25. The third-order valence-electron chi connectivity index (χ3n) is 6.65. The maximum atomic E-state index is 12.8. The zero-order valence-corrected chi connectivity index (χ0v) is 16.2. The molecule has 1 aliphatic carbocycles. The van der Waals surface area contributed by atoms with Gasteiger partial charge in [-0.1, -0.05) is 0 Å². The van der Waals surface area contributed by atoms with Crippen molar-refractivity contribution in [3.8, 4) is 0 Å². The Bertz CT molecular complexity index is 943. The molecule has 3 aliphatic rings. The third kappa shape index (κ3) is 3.07. The van der Waals surface area contributed by atoms with E-state index in [1.165, 1.54) is 19.5 Å². The van der Waals surface area contributed by atoms with E-state index >= 15 is 0 Å². The first-order chi connectivity index (χ1) is 13.5. The molecule has 2 aromatic heterocycles. The van der Waals surface area contributed by atoms with Gasteiger partial charge in [-0.2, -0.15) is 0 Å². The first-order valence-electron chi connectivity index (χ1n) is 10.2. The third-order valence-corrected chi connectivity index (χ3v) is 6.65. The van der Waals surface area contributed by atoms with E-state index in [4.69, 9.17) is 10.2 Å². The molecule has 7 nitrogen and oxygen atoms in total. The molecule has 2 aromatic rings. The minimum atomic E-state index is -0.619. The van der Waals surface area contributed by atoms with Crippen LogP contribution in [0.4, 0.5) is 0 Å². The van der Waals surface area contributed by atoms with Crippen LogP contribution in [0.2, 0.25) is 0 Å². The van der Waals surface area contributed by atoms with Gasteiger partial charge in [0.05, 0.1) is 0 Å². The van der Waals surface area contributed by atoms with Gasteiger partial charge in [-0.05, 0) is 50.2 Å². The Morgan fingerprint density at radius 1 is 1.25 bits per heavy atom. The van der Waals surface area contributed by atoms with Crippen LogP contribution in [0, 0.1) is 18.8 Å². The minimum Gasteiger partial charge on any atom is -0.432 e. The predicted molar refractivity (Wildman–Crippen MR) is 104 cm³/mol. The normalized spacial score (nSPS) is 26.8. The lowest BCUT2D eigenvalue weighted by Crippen LogP contribution is -2.38. The molecule has 7 heteroatoms. The number of pyridine rings is 1. The number of aryl methyl sites for hydroxylation is 2. The first kappa shape index (κ1) is 17.7. The highest BCUT2D eigenvalue weighted by Crippen LogP contribution is 2.46. The molecule has 148 valence electrons. The fraction of sp³-hybridized carbons (Fsp3) is 0.571. The summed E-state index contributed by atoms with van der Waals surface area (Å²) >= 11 is 0. The fourth-order valence-electron chi connectivity index (χ4n) is 4.96. The van der Waals surface area contributed by atoms with E-state index in [0.717, 1.165) is 42.4 Å². The molecule has 2 saturated heterocycles. The van der Waals surface area contributed by atoms with E-state index < -0.39 is 5.91 Å². The summed E-state index contributed by atoms with van der Waals surface area (Å²) in [7, 11) is 0. The standard InChI is InChI=1S/C21H26N4O3/c1-12-2-3-17-16(19(20(22)27)28-21(17)23-12)4-5-18(26)24-7-6-15(11-24)25-9-13-8-14(13)10-25/h2-3,13-15H,4-11H2,1H3,(H2,22,27)/t13-,14?,15+/m0/s1. The molecule has 0 radical (unpaired) electrons. The Balaban J connectivity index is 1.25. The molecule has 0 aromatic carbocycles. The monoisotopic (exact) mass is 382 g/mol. The Labute approximate surface area is 163 Å². The quantitative estimate of drug-likeness (QED) is 0.850. The number of nitrogens with two attached hydrogens (primary N) is 1. The number of hydrogen-bond acceptors (Lipinski definition) is 5. The Hall–Kier alpha value is -2.41. The van der Waals surface area contributed by atoms with Gasteiger partial charge in [0.1, 0.15) is 0 Å². The van der Waals surface area contributed by atoms with Crippen LogP contribution >= 0.6 is 0 Å². The summed E-state index contributed by atoms with van der Waals surface area (Å²) < 4.78 is 5.58. The van der Waals surface area contributed by atoms with Gasteiger partial charge in [0.15, 0.2) is 5.76 Å². The van der Waals surface area contributed by atoms with Crippen LogP contribution in [0.1, 0.15) is 41.1 Å². The van der Waals surface area contributed by atoms with Crippen LogP contribution in [0.3, 0.4) is 0 Å². The second-order valence-corrected chi connectivity index (χ2v) is 8.57. The molecular weight excluding hydrogens is 356 g/mol. The van der Waals surface area contributed by atoms with Gasteiger partial charge in [0.2, 0.25) is 11.6 Å². The first-order valence-corrected chi connectivity index (χ1v) is 10.2. The number of furan rings is 1. The summed E-state index contributed by atoms with van der Waals surface area (Å²) in [4.78, 5) is 33.5. The lowest BCUT2D eigenvalue weighted by atomic mass is 10.1. The summed E-state index contributed by atoms with van der Waals surface area (Å²) in [6.45, 7) is 5.95. The van der Waals surface area contributed by atoms with Crippen molar-refractivity contribution in [2.45, 2.75) is 38.6 Å². The van der Waals surface area contributed by atoms with Gasteiger partial charge in [-0.15, -0.1) is 0 Å². The molecule has 2 aliphatic heterocycles. The highest BCUT2D eigenvalue weighted by Gasteiger charge is 2.47. The van der Waals surface area contributed by atoms with Crippen LogP contribution in [0.15, 0.2) is 16.5 Å². The van der Waals surface area contributed by atoms with Gasteiger partial charge in [0, 0.05) is 55.3 Å². The van der Waals surface area contributed by atoms with E-state index in [-0.39, 0.29) is 11.7 Å². The summed E-state index contributed by atoms with van der Waals surface area (Å²) in [6, 6.07) is 4.28. The summed E-state index contributed by atoms with van der Waals surface area (Å²) in [6.07, 6.45) is 3.25. The number of aromatic nitrogens is 1. The molecule has 1 unspecified atom stereocenters. The highest BCUT2D eigenvalue weighted by molar-refractivity contribution is 5.97. The predicted octanol–water partition coefficient (Wildman–Crippen LogP) is 1.72. The largest absolute Gasteiger partial charge is 0.432 e. The van der Waals surface area contributed by atoms with Crippen molar-refractivity contribution in [2.75, 3.05) is 26.2 Å². The van der Waals surface area contributed by atoms with E-state index in [0.29, 0.717) is 30.2 Å². The fourth-order valence-corrected chi connectivity index (χ4v) is 4.96. The zero-order chi connectivity index (χ0) is 19.4. The Morgan fingerprint density at radius 2 is 2.04 bits per heavy atom. The Morgan fingerprint density at radius 3 is 2.79 bits per heavy atom. The summed E-state index contributed by atoms with van der Waals surface area (Å²) in [5, 5.41) is 0.766. The lowest BCUT2D eigenvalue weighted by molar-refractivity contribution is -0.130. The molecule has 3 fully saturated rings. The van der Waals surface area contributed by atoms with Crippen LogP contribution in [-0.4, -0.2) is 58.8 Å². The van der Waals surface area contributed by atoms with Crippen molar-refractivity contribution < 1.29 is 14.0 Å². The second-order valence-electron chi connectivity index (χ2n) is 8.57. The number of primary amides is 1. The average Bonchev–Trinajstić information content (AvgIpc) is 3.09. The number of likely N-dealkylation sites (tertiary alicyclic amines) is 2. The van der Waals surface area contributed by atoms with Crippen LogP contribution in [0.5, 0.6) is 0 Å². The smallest absolute Gasteiger partial charge is 0.284 e. The number of piperidine rings is 1. The number of fused-ring (bicyclic) bond motifs is 2. The number of amides is 2. The van der Waals surface area contributed by atoms with Crippen LogP contribution < -0.4 is 5.73 Å². The summed E-state index contributed by atoms with van der Waals surface area (Å²) in [5.74, 6) is 1.48. The minimum absolute atomic E-state index is 0.122. The molecule has 3 atom stereocenters. The molecule has 0 bridgehead atoms. The maximum Gasteiger partial charge on any atom is 0.284 e. The van der Waals surface area contributed by atoms with E-state index in [2.05, 4.69) is 9.88 Å². The van der Waals surface area contributed by atoms with Gasteiger partial charge in [-0.25, -0.2) is 4.98 Å². The number of rotatable bonds is 5. The van der Waals surface area contributed by atoms with E-state index in [1.807, 2.05) is 24.0 Å². The van der Waals surface area contributed by atoms with E-state index in [9.17, 15) is 9.59 Å². The molecule has 5 rings (SSSR count). The van der Waals surface area contributed by atoms with E-state index in [1.54, 1.807) is 0 Å². The second kappa shape index (κ2) is 6.58. The molecule has 1 saturated carbocycles. The van der Waals surface area contributed by atoms with Gasteiger partial charge in [0.25, 0.3) is 5.91 Å². The molecule has 0 spiro atoms. The van der Waals surface area contributed by atoms with Crippen molar-refractivity contribution >= 4 is 22.9 Å². The molecule has 4 heterocycles. The van der Waals surface area contributed by atoms with Gasteiger partial charge in [-0.3, -0.25) is 14.5 Å². The average molecular weight is 382 g/mol. The van der Waals surface area contributed by atoms with Crippen molar-refractivity contribution in [1.82, 2.24) is 14.8 Å². The number of carbonyl (C=O) groups excluding carboxylic acids is 2. The number of hydrogen-bond donors (Lipinski definition) is 1. The zero-order valence-electron chi connectivity index (χ0n) is 16.2. The highest BCUT2D eigenvalue weighted by atomic mass is 16.4. The number of carbonyl (C=O) groups is 2. The molecule has 28 heavy (non-hydrogen) atoms.